The highest BCUT2D eigenvalue weighted by Gasteiger charge is 2.38. The van der Waals surface area contributed by atoms with Crippen molar-refractivity contribution in [2.24, 2.45) is 0 Å². The Morgan fingerprint density at radius 1 is 1.14 bits per heavy atom. The molecule has 1 atom stereocenters. The summed E-state index contributed by atoms with van der Waals surface area (Å²) in [6, 6.07) is 16.2. The van der Waals surface area contributed by atoms with Crippen LogP contribution in [-0.4, -0.2) is 13.3 Å². The number of benzene rings is 1. The Morgan fingerprint density at radius 2 is 1.86 bits per heavy atom. The van der Waals surface area contributed by atoms with Crippen molar-refractivity contribution in [2.75, 3.05) is 0 Å². The van der Waals surface area contributed by atoms with Crippen LogP contribution in [0.1, 0.15) is 11.1 Å². The van der Waals surface area contributed by atoms with E-state index in [1.54, 1.807) is 12.4 Å². The lowest BCUT2D eigenvalue weighted by Gasteiger charge is -2.34. The number of hydrogen-bond donors (Lipinski definition) is 0. The number of hydrogen-bond acceptors (Lipinski definition) is 3. The van der Waals surface area contributed by atoms with E-state index in [0.29, 0.717) is 6.42 Å². The molecule has 0 fully saturated rings. The monoisotopic (exact) mass is 296 g/mol. The summed E-state index contributed by atoms with van der Waals surface area (Å²) in [5, 5.41) is 9.87. The van der Waals surface area contributed by atoms with Crippen LogP contribution in [0.2, 0.25) is 19.6 Å². The van der Waals surface area contributed by atoms with E-state index in [9.17, 15) is 5.26 Å². The van der Waals surface area contributed by atoms with Gasteiger partial charge in [-0.15, -0.1) is 0 Å². The van der Waals surface area contributed by atoms with Crippen LogP contribution in [0.5, 0.6) is 0 Å². The fourth-order valence-corrected chi connectivity index (χ4v) is 3.61. The van der Waals surface area contributed by atoms with Crippen molar-refractivity contribution in [3.05, 3.63) is 66.0 Å². The van der Waals surface area contributed by atoms with Gasteiger partial charge in [0.2, 0.25) is 0 Å². The normalized spacial score (nSPS) is 14.2. The van der Waals surface area contributed by atoms with E-state index in [4.69, 9.17) is 4.43 Å². The topological polar surface area (TPSA) is 45.9 Å². The van der Waals surface area contributed by atoms with Crippen LogP contribution in [0.15, 0.2) is 54.9 Å². The Kier molecular flexibility index (Phi) is 4.56. The molecule has 0 bridgehead atoms. The molecule has 1 aromatic carbocycles. The van der Waals surface area contributed by atoms with Crippen LogP contribution in [0.3, 0.4) is 0 Å². The van der Waals surface area contributed by atoms with Crippen molar-refractivity contribution in [1.82, 2.24) is 4.98 Å². The van der Waals surface area contributed by atoms with Gasteiger partial charge in [-0.05, 0) is 31.3 Å². The molecule has 1 unspecified atom stereocenters. The van der Waals surface area contributed by atoms with Crippen LogP contribution < -0.4 is 0 Å². The zero-order chi connectivity index (χ0) is 15.3. The average molecular weight is 296 g/mol. The first-order chi connectivity index (χ1) is 9.95. The first-order valence-electron chi connectivity index (χ1n) is 7.01. The Balaban J connectivity index is 2.45. The number of pyridine rings is 1. The van der Waals surface area contributed by atoms with Gasteiger partial charge in [-0.1, -0.05) is 36.4 Å². The molecular weight excluding hydrogens is 276 g/mol. The molecule has 2 rings (SSSR count). The molecule has 0 aliphatic carbocycles. The van der Waals surface area contributed by atoms with E-state index in [0.717, 1.165) is 11.1 Å². The number of rotatable bonds is 5. The van der Waals surface area contributed by atoms with E-state index < -0.39 is 13.9 Å². The fraction of sp³-hybridized carbons (Fsp3) is 0.294. The summed E-state index contributed by atoms with van der Waals surface area (Å²) in [5.41, 5.74) is 0.931. The molecule has 0 aliphatic rings. The lowest BCUT2D eigenvalue weighted by Crippen LogP contribution is -2.41. The highest BCUT2D eigenvalue weighted by molar-refractivity contribution is 6.69. The van der Waals surface area contributed by atoms with Gasteiger partial charge in [-0.3, -0.25) is 4.98 Å². The summed E-state index contributed by atoms with van der Waals surface area (Å²) in [4.78, 5) is 4.15. The van der Waals surface area contributed by atoms with Crippen molar-refractivity contribution in [1.29, 1.82) is 5.26 Å². The molecule has 1 heterocycles. The second-order valence-corrected chi connectivity index (χ2v) is 10.5. The highest BCUT2D eigenvalue weighted by Crippen LogP contribution is 2.32. The van der Waals surface area contributed by atoms with E-state index in [2.05, 4.69) is 30.7 Å². The SMILES string of the molecule is C[Si](C)(C)OC(C#N)(Cc1ccccc1)c1cccnc1. The van der Waals surface area contributed by atoms with Crippen LogP contribution in [0.4, 0.5) is 0 Å². The predicted molar refractivity (Wildman–Crippen MR) is 86.1 cm³/mol. The molecule has 0 saturated carbocycles. The molecule has 3 nitrogen and oxygen atoms in total. The summed E-state index contributed by atoms with van der Waals surface area (Å²) >= 11 is 0. The summed E-state index contributed by atoms with van der Waals surface area (Å²) in [7, 11) is -1.90. The third-order valence-electron chi connectivity index (χ3n) is 3.08. The second kappa shape index (κ2) is 6.21. The Labute approximate surface area is 127 Å². The maximum Gasteiger partial charge on any atom is 0.186 e. The minimum absolute atomic E-state index is 0.528. The standard InChI is InChI=1S/C17H20N2OSi/c1-21(2,3)20-17(14-18,16-10-7-11-19-13-16)12-15-8-5-4-6-9-15/h4-11,13H,12H2,1-3H3. The average Bonchev–Trinajstić information content (AvgIpc) is 2.47. The van der Waals surface area contributed by atoms with E-state index in [-0.39, 0.29) is 0 Å². The van der Waals surface area contributed by atoms with Gasteiger partial charge in [0, 0.05) is 24.4 Å². The molecule has 4 heteroatoms. The van der Waals surface area contributed by atoms with Gasteiger partial charge < -0.3 is 4.43 Å². The Hall–Kier alpha value is -1.96. The zero-order valence-electron chi connectivity index (χ0n) is 12.7. The summed E-state index contributed by atoms with van der Waals surface area (Å²) in [5.74, 6) is 0. The summed E-state index contributed by atoms with van der Waals surface area (Å²) in [6.45, 7) is 6.29. The van der Waals surface area contributed by atoms with Gasteiger partial charge in [0.25, 0.3) is 0 Å². The molecule has 0 amide bonds. The van der Waals surface area contributed by atoms with Crippen LogP contribution in [-0.2, 0) is 16.4 Å². The first-order valence-corrected chi connectivity index (χ1v) is 10.4. The Morgan fingerprint density at radius 3 is 2.38 bits per heavy atom. The maximum absolute atomic E-state index is 9.87. The van der Waals surface area contributed by atoms with E-state index in [1.165, 1.54) is 0 Å². The molecule has 0 saturated heterocycles. The van der Waals surface area contributed by atoms with Crippen LogP contribution >= 0.6 is 0 Å². The number of nitrogens with zero attached hydrogens (tertiary/aromatic N) is 2. The molecule has 1 aromatic heterocycles. The molecule has 0 spiro atoms. The first kappa shape index (κ1) is 15.4. The molecule has 108 valence electrons. The minimum atomic E-state index is -1.90. The van der Waals surface area contributed by atoms with Crippen molar-refractivity contribution in [3.63, 3.8) is 0 Å². The largest absolute Gasteiger partial charge is 0.396 e. The van der Waals surface area contributed by atoms with Gasteiger partial charge in [-0.25, -0.2) is 0 Å². The highest BCUT2D eigenvalue weighted by atomic mass is 28.4. The maximum atomic E-state index is 9.87. The van der Waals surface area contributed by atoms with E-state index >= 15 is 0 Å². The molecule has 2 aromatic rings. The molecule has 0 radical (unpaired) electrons. The molecular formula is C17H20N2OSi. The number of nitriles is 1. The molecule has 21 heavy (non-hydrogen) atoms. The van der Waals surface area contributed by atoms with Gasteiger partial charge >= 0.3 is 0 Å². The fourth-order valence-electron chi connectivity index (χ4n) is 2.33. The quantitative estimate of drug-likeness (QED) is 0.786. The van der Waals surface area contributed by atoms with Gasteiger partial charge in [0.15, 0.2) is 13.9 Å². The molecule has 0 aliphatic heterocycles. The third-order valence-corrected chi connectivity index (χ3v) is 4.05. The van der Waals surface area contributed by atoms with Gasteiger partial charge in [0.05, 0.1) is 0 Å². The van der Waals surface area contributed by atoms with Crippen molar-refractivity contribution in [3.8, 4) is 6.07 Å². The summed E-state index contributed by atoms with van der Waals surface area (Å²) < 4.78 is 6.30. The Bertz CT molecular complexity index is 617. The number of aromatic nitrogens is 1. The van der Waals surface area contributed by atoms with E-state index in [1.807, 2.05) is 42.5 Å². The second-order valence-electron chi connectivity index (χ2n) is 6.06. The van der Waals surface area contributed by atoms with Crippen molar-refractivity contribution >= 4 is 8.32 Å². The predicted octanol–water partition coefficient (Wildman–Crippen LogP) is 3.89. The molecule has 0 N–H and O–H groups in total. The third kappa shape index (κ3) is 4.00. The zero-order valence-corrected chi connectivity index (χ0v) is 13.7. The lowest BCUT2D eigenvalue weighted by molar-refractivity contribution is 0.119. The lowest BCUT2D eigenvalue weighted by atomic mass is 9.89. The van der Waals surface area contributed by atoms with Gasteiger partial charge in [0.1, 0.15) is 6.07 Å². The summed E-state index contributed by atoms with van der Waals surface area (Å²) in [6.07, 6.45) is 3.97. The van der Waals surface area contributed by atoms with Crippen LogP contribution in [0.25, 0.3) is 0 Å². The smallest absolute Gasteiger partial charge is 0.186 e. The minimum Gasteiger partial charge on any atom is -0.396 e. The van der Waals surface area contributed by atoms with Crippen molar-refractivity contribution in [2.45, 2.75) is 31.7 Å². The van der Waals surface area contributed by atoms with Gasteiger partial charge in [-0.2, -0.15) is 5.26 Å². The van der Waals surface area contributed by atoms with Crippen LogP contribution in [0, 0.1) is 11.3 Å². The van der Waals surface area contributed by atoms with Crippen molar-refractivity contribution < 1.29 is 4.43 Å².